The number of pyridine rings is 1. The second-order valence-corrected chi connectivity index (χ2v) is 5.01. The molecule has 1 heterocycles. The molecule has 0 saturated carbocycles. The minimum atomic E-state index is 0.161. The molecule has 0 aliphatic heterocycles. The number of phenolic OH excluding ortho intramolecular Hbond substituents is 1. The highest BCUT2D eigenvalue weighted by Gasteiger charge is 2.13. The summed E-state index contributed by atoms with van der Waals surface area (Å²) in [5.41, 5.74) is 8.50. The summed E-state index contributed by atoms with van der Waals surface area (Å²) < 4.78 is 0. The third-order valence-corrected chi connectivity index (χ3v) is 3.47. The molecule has 0 fully saturated rings. The number of phenols is 1. The molecule has 3 N–H and O–H groups in total. The van der Waals surface area contributed by atoms with Gasteiger partial charge in [0.1, 0.15) is 17.6 Å². The van der Waals surface area contributed by atoms with Gasteiger partial charge in [0, 0.05) is 5.56 Å². The van der Waals surface area contributed by atoms with E-state index in [9.17, 15) is 10.4 Å². The predicted octanol–water partition coefficient (Wildman–Crippen LogP) is 3.64. The van der Waals surface area contributed by atoms with Gasteiger partial charge in [-0.05, 0) is 36.6 Å². The number of benzene rings is 1. The Hall–Kier alpha value is -2.54. The molecule has 0 radical (unpaired) electrons. The lowest BCUT2D eigenvalue weighted by molar-refractivity contribution is 0.477. The molecule has 4 nitrogen and oxygen atoms in total. The van der Waals surface area contributed by atoms with Crippen LogP contribution in [0, 0.1) is 11.3 Å². The van der Waals surface area contributed by atoms with E-state index in [0.717, 1.165) is 31.2 Å². The molecule has 0 atom stereocenters. The molecule has 0 saturated heterocycles. The van der Waals surface area contributed by atoms with E-state index >= 15 is 0 Å². The summed E-state index contributed by atoms with van der Waals surface area (Å²) in [5.74, 6) is 0.387. The molecule has 0 spiro atoms. The Morgan fingerprint density at radius 2 is 2.05 bits per heavy atom. The number of aromatic nitrogens is 1. The van der Waals surface area contributed by atoms with Crippen LogP contribution in [0.1, 0.15) is 37.3 Å². The maximum absolute atomic E-state index is 9.94. The fourth-order valence-corrected chi connectivity index (χ4v) is 2.34. The Morgan fingerprint density at radius 1 is 1.29 bits per heavy atom. The van der Waals surface area contributed by atoms with Crippen molar-refractivity contribution < 1.29 is 5.11 Å². The molecule has 2 rings (SSSR count). The van der Waals surface area contributed by atoms with Gasteiger partial charge >= 0.3 is 0 Å². The van der Waals surface area contributed by atoms with Crippen LogP contribution in [-0.2, 0) is 6.42 Å². The van der Waals surface area contributed by atoms with Gasteiger partial charge in [-0.2, -0.15) is 5.26 Å². The van der Waals surface area contributed by atoms with Crippen LogP contribution in [0.4, 0.5) is 5.82 Å². The number of aryl methyl sites for hydroxylation is 1. The quantitative estimate of drug-likeness (QED) is 0.819. The Labute approximate surface area is 124 Å². The zero-order valence-electron chi connectivity index (χ0n) is 12.1. The normalized spacial score (nSPS) is 10.3. The largest absolute Gasteiger partial charge is 0.507 e. The van der Waals surface area contributed by atoms with Gasteiger partial charge in [0.2, 0.25) is 0 Å². The topological polar surface area (TPSA) is 82.9 Å². The summed E-state index contributed by atoms with van der Waals surface area (Å²) in [6.45, 7) is 2.14. The van der Waals surface area contributed by atoms with Crippen molar-refractivity contribution >= 4 is 5.82 Å². The van der Waals surface area contributed by atoms with Crippen molar-refractivity contribution in [1.29, 1.82) is 5.26 Å². The van der Waals surface area contributed by atoms with E-state index in [1.807, 2.05) is 12.1 Å². The first-order valence-electron chi connectivity index (χ1n) is 7.15. The predicted molar refractivity (Wildman–Crippen MR) is 83.7 cm³/mol. The number of hydrogen-bond acceptors (Lipinski definition) is 4. The lowest BCUT2D eigenvalue weighted by atomic mass is 9.99. The van der Waals surface area contributed by atoms with Crippen molar-refractivity contribution in [1.82, 2.24) is 4.98 Å². The molecule has 108 valence electrons. The number of unbranched alkanes of at least 4 members (excludes halogenated alkanes) is 2. The first-order chi connectivity index (χ1) is 10.2. The summed E-state index contributed by atoms with van der Waals surface area (Å²) >= 11 is 0. The number of rotatable bonds is 5. The molecule has 0 aliphatic carbocycles. The summed E-state index contributed by atoms with van der Waals surface area (Å²) in [7, 11) is 0. The van der Waals surface area contributed by atoms with Gasteiger partial charge in [0.05, 0.1) is 11.3 Å². The molecule has 21 heavy (non-hydrogen) atoms. The highest BCUT2D eigenvalue weighted by atomic mass is 16.3. The Balaban J connectivity index is 2.45. The van der Waals surface area contributed by atoms with Gasteiger partial charge in [0.25, 0.3) is 0 Å². The molecule has 1 aromatic heterocycles. The molecule has 1 aromatic carbocycles. The van der Waals surface area contributed by atoms with Crippen molar-refractivity contribution in [2.75, 3.05) is 5.73 Å². The average molecular weight is 281 g/mol. The standard InChI is InChI=1S/C17H19N3O/c1-2-3-4-7-12-10-15(20-17(19)14(12)11-18)13-8-5-6-9-16(13)21/h5-6,8-10,21H,2-4,7H2,1H3,(H2,19,20). The van der Waals surface area contributed by atoms with E-state index < -0.39 is 0 Å². The summed E-state index contributed by atoms with van der Waals surface area (Å²) in [6, 6.07) is 11.0. The van der Waals surface area contributed by atoms with Crippen LogP contribution in [-0.4, -0.2) is 10.1 Å². The van der Waals surface area contributed by atoms with Crippen molar-refractivity contribution in [2.45, 2.75) is 32.6 Å². The maximum Gasteiger partial charge on any atom is 0.142 e. The van der Waals surface area contributed by atoms with Gasteiger partial charge in [-0.1, -0.05) is 31.9 Å². The first-order valence-corrected chi connectivity index (χ1v) is 7.15. The number of para-hydroxylation sites is 1. The molecule has 4 heteroatoms. The third-order valence-electron chi connectivity index (χ3n) is 3.47. The molecule has 0 unspecified atom stereocenters. The van der Waals surface area contributed by atoms with Crippen molar-refractivity contribution in [2.24, 2.45) is 0 Å². The molecular weight excluding hydrogens is 262 g/mol. The van der Waals surface area contributed by atoms with Crippen LogP contribution in [0.15, 0.2) is 30.3 Å². The maximum atomic E-state index is 9.94. The minimum Gasteiger partial charge on any atom is -0.507 e. The summed E-state index contributed by atoms with van der Waals surface area (Å²) in [4.78, 5) is 4.26. The average Bonchev–Trinajstić information content (AvgIpc) is 2.47. The Kier molecular flexibility index (Phi) is 4.78. The SMILES string of the molecule is CCCCCc1cc(-c2ccccc2O)nc(N)c1C#N. The number of nitrogens with zero attached hydrogens (tertiary/aromatic N) is 2. The molecular formula is C17H19N3O. The molecule has 0 aliphatic rings. The van der Waals surface area contributed by atoms with Crippen LogP contribution in [0.5, 0.6) is 5.75 Å². The minimum absolute atomic E-state index is 0.161. The first kappa shape index (κ1) is 14.9. The van der Waals surface area contributed by atoms with Gasteiger partial charge in [-0.3, -0.25) is 0 Å². The molecule has 2 aromatic rings. The van der Waals surface area contributed by atoms with Crippen molar-refractivity contribution in [3.05, 3.63) is 41.5 Å². The zero-order valence-corrected chi connectivity index (χ0v) is 12.1. The Morgan fingerprint density at radius 3 is 2.71 bits per heavy atom. The van der Waals surface area contributed by atoms with E-state index in [4.69, 9.17) is 5.73 Å². The number of anilines is 1. The molecule has 0 amide bonds. The summed E-state index contributed by atoms with van der Waals surface area (Å²) in [5, 5.41) is 19.2. The zero-order chi connectivity index (χ0) is 15.2. The van der Waals surface area contributed by atoms with E-state index in [1.165, 1.54) is 0 Å². The summed E-state index contributed by atoms with van der Waals surface area (Å²) in [6.07, 6.45) is 4.03. The van der Waals surface area contributed by atoms with E-state index in [2.05, 4.69) is 18.0 Å². The van der Waals surface area contributed by atoms with Crippen molar-refractivity contribution in [3.63, 3.8) is 0 Å². The van der Waals surface area contributed by atoms with Crippen LogP contribution < -0.4 is 5.73 Å². The lowest BCUT2D eigenvalue weighted by Gasteiger charge is -2.10. The Bertz CT molecular complexity index is 674. The van der Waals surface area contributed by atoms with Gasteiger partial charge in [0.15, 0.2) is 0 Å². The van der Waals surface area contributed by atoms with Gasteiger partial charge in [-0.25, -0.2) is 4.98 Å². The second-order valence-electron chi connectivity index (χ2n) is 5.01. The lowest BCUT2D eigenvalue weighted by Crippen LogP contribution is -2.02. The highest BCUT2D eigenvalue weighted by Crippen LogP contribution is 2.30. The van der Waals surface area contributed by atoms with Crippen LogP contribution in [0.2, 0.25) is 0 Å². The number of nitriles is 1. The number of hydrogen-bond donors (Lipinski definition) is 2. The van der Waals surface area contributed by atoms with Gasteiger partial charge in [-0.15, -0.1) is 0 Å². The van der Waals surface area contributed by atoms with Crippen LogP contribution >= 0.6 is 0 Å². The molecule has 0 bridgehead atoms. The van der Waals surface area contributed by atoms with E-state index in [0.29, 0.717) is 16.8 Å². The van der Waals surface area contributed by atoms with E-state index in [-0.39, 0.29) is 11.6 Å². The smallest absolute Gasteiger partial charge is 0.142 e. The van der Waals surface area contributed by atoms with Crippen LogP contribution in [0.25, 0.3) is 11.3 Å². The highest BCUT2D eigenvalue weighted by molar-refractivity contribution is 5.70. The van der Waals surface area contributed by atoms with Gasteiger partial charge < -0.3 is 10.8 Å². The number of aromatic hydroxyl groups is 1. The second kappa shape index (κ2) is 6.76. The number of nitrogens with two attached hydrogens (primary N) is 1. The fraction of sp³-hybridized carbons (Fsp3) is 0.294. The monoisotopic (exact) mass is 281 g/mol. The van der Waals surface area contributed by atoms with Crippen molar-refractivity contribution in [3.8, 4) is 23.1 Å². The third kappa shape index (κ3) is 3.32. The van der Waals surface area contributed by atoms with Crippen LogP contribution in [0.3, 0.4) is 0 Å². The number of nitrogen functional groups attached to an aromatic ring is 1. The fourth-order valence-electron chi connectivity index (χ4n) is 2.34. The van der Waals surface area contributed by atoms with E-state index in [1.54, 1.807) is 18.2 Å².